The standard InChI is InChI=1S/C22H20N2O6S2/c1-7(21(28)29)24-19(26)14-9-6-10(15(14)20(24)27)16-13(9)12(8-4-2-3-5-11(8)25)17-18(31-16)23-22(30)32-17/h2-5,7,9-10,12-16,25H,6H2,1H3,(H,23,30)(H,28,29)/t7-,9-,10-,12-,13+,14+,15-,16+/m1/s1. The molecule has 4 aliphatic rings. The third-order valence-electron chi connectivity index (χ3n) is 7.77. The summed E-state index contributed by atoms with van der Waals surface area (Å²) in [6.45, 7) is 1.37. The first-order valence-electron chi connectivity index (χ1n) is 10.6. The van der Waals surface area contributed by atoms with E-state index in [1.165, 1.54) is 6.92 Å². The van der Waals surface area contributed by atoms with Gasteiger partial charge in [0.15, 0.2) is 0 Å². The Kier molecular flexibility index (Phi) is 4.20. The first kappa shape index (κ1) is 20.0. The third-order valence-corrected chi connectivity index (χ3v) is 10.4. The summed E-state index contributed by atoms with van der Waals surface area (Å²) in [5.74, 6) is -3.36. The van der Waals surface area contributed by atoms with E-state index < -0.39 is 29.8 Å². The number of benzene rings is 1. The molecule has 32 heavy (non-hydrogen) atoms. The molecule has 6 rings (SSSR count). The molecular weight excluding hydrogens is 452 g/mol. The molecule has 2 amide bonds. The number of nitrogens with zero attached hydrogens (tertiary/aromatic N) is 1. The van der Waals surface area contributed by atoms with Gasteiger partial charge >= 0.3 is 10.8 Å². The number of hydrogen-bond donors (Lipinski definition) is 3. The Morgan fingerprint density at radius 3 is 2.53 bits per heavy atom. The van der Waals surface area contributed by atoms with E-state index in [1.807, 2.05) is 12.1 Å². The molecule has 2 bridgehead atoms. The van der Waals surface area contributed by atoms with Crippen molar-refractivity contribution in [2.24, 2.45) is 29.6 Å². The van der Waals surface area contributed by atoms with Crippen LogP contribution in [0.15, 0.2) is 34.1 Å². The molecule has 3 N–H and O–H groups in total. The predicted octanol–water partition coefficient (Wildman–Crippen LogP) is 2.09. The second-order valence-electron chi connectivity index (χ2n) is 9.08. The van der Waals surface area contributed by atoms with Crippen LogP contribution in [0.2, 0.25) is 0 Å². The highest BCUT2D eigenvalue weighted by atomic mass is 32.2. The number of phenolic OH excluding ortho intramolecular Hbond substituents is 1. The molecule has 8 nitrogen and oxygen atoms in total. The summed E-state index contributed by atoms with van der Waals surface area (Å²) in [4.78, 5) is 54.8. The number of aromatic nitrogens is 1. The molecule has 8 atom stereocenters. The van der Waals surface area contributed by atoms with E-state index >= 15 is 0 Å². The van der Waals surface area contributed by atoms with Crippen molar-refractivity contribution in [3.63, 3.8) is 0 Å². The van der Waals surface area contributed by atoms with Crippen molar-refractivity contribution in [3.8, 4) is 5.75 Å². The smallest absolute Gasteiger partial charge is 0.326 e. The highest BCUT2D eigenvalue weighted by Crippen LogP contribution is 2.69. The Morgan fingerprint density at radius 2 is 1.84 bits per heavy atom. The molecule has 2 aliphatic heterocycles. The van der Waals surface area contributed by atoms with Crippen molar-refractivity contribution in [1.82, 2.24) is 9.88 Å². The zero-order valence-electron chi connectivity index (χ0n) is 16.9. The Labute approximate surface area is 190 Å². The number of carboxylic acid groups (broad SMARTS) is 1. The second kappa shape index (κ2) is 6.71. The van der Waals surface area contributed by atoms with Gasteiger partial charge in [0.2, 0.25) is 11.8 Å². The molecule has 2 aliphatic carbocycles. The Bertz CT molecular complexity index is 1240. The molecular formula is C22H20N2O6S2. The average Bonchev–Trinajstić information content (AvgIpc) is 3.47. The second-order valence-corrected chi connectivity index (χ2v) is 11.3. The number of aliphatic carboxylic acids is 1. The number of likely N-dealkylation sites (tertiary alicyclic amines) is 1. The SMILES string of the molecule is C[C@H](C(=O)O)N1C(=O)[C@@H]2[C@H]3C[C@@H]([C@@H]2C1=O)[C@H]1[C@@H](c2ccccc2O)c2sc(=O)[nH]c2S[C@@H]31. The van der Waals surface area contributed by atoms with Crippen molar-refractivity contribution in [1.29, 1.82) is 0 Å². The fourth-order valence-electron chi connectivity index (χ4n) is 6.63. The fraction of sp³-hybridized carbons (Fsp3) is 0.455. The maximum Gasteiger partial charge on any atom is 0.326 e. The highest BCUT2D eigenvalue weighted by molar-refractivity contribution is 8.00. The lowest BCUT2D eigenvalue weighted by Gasteiger charge is -2.43. The van der Waals surface area contributed by atoms with E-state index in [0.29, 0.717) is 6.42 Å². The Balaban J connectivity index is 1.47. The predicted molar refractivity (Wildman–Crippen MR) is 116 cm³/mol. The van der Waals surface area contributed by atoms with Crippen LogP contribution in [0.1, 0.15) is 29.7 Å². The summed E-state index contributed by atoms with van der Waals surface area (Å²) in [6, 6.07) is 5.87. The zero-order chi connectivity index (χ0) is 22.5. The number of aromatic amines is 1. The van der Waals surface area contributed by atoms with Crippen LogP contribution in [-0.2, 0) is 14.4 Å². The van der Waals surface area contributed by atoms with Gasteiger partial charge in [-0.15, -0.1) is 11.8 Å². The number of para-hydroxylation sites is 1. The van der Waals surface area contributed by atoms with Crippen LogP contribution >= 0.6 is 23.1 Å². The number of thiazole rings is 1. The normalized spacial score (nSPS) is 35.5. The molecule has 10 heteroatoms. The largest absolute Gasteiger partial charge is 0.508 e. The summed E-state index contributed by atoms with van der Waals surface area (Å²) in [7, 11) is 0. The number of carbonyl (C=O) groups excluding carboxylic acids is 2. The van der Waals surface area contributed by atoms with E-state index in [4.69, 9.17) is 0 Å². The van der Waals surface area contributed by atoms with Gasteiger partial charge in [-0.05, 0) is 37.2 Å². The molecule has 1 saturated heterocycles. The molecule has 1 aromatic heterocycles. The number of fused-ring (bicyclic) bond motifs is 9. The number of amides is 2. The summed E-state index contributed by atoms with van der Waals surface area (Å²) in [5, 5.41) is 20.9. The van der Waals surface area contributed by atoms with Gasteiger partial charge in [0.25, 0.3) is 0 Å². The number of rotatable bonds is 3. The van der Waals surface area contributed by atoms with E-state index in [-0.39, 0.29) is 45.5 Å². The summed E-state index contributed by atoms with van der Waals surface area (Å²) in [5.41, 5.74) is 0.718. The third kappa shape index (κ3) is 2.45. The minimum absolute atomic E-state index is 0.000408. The maximum absolute atomic E-state index is 13.3. The number of hydrogen-bond acceptors (Lipinski definition) is 7. The summed E-state index contributed by atoms with van der Waals surface area (Å²) < 4.78 is 0. The van der Waals surface area contributed by atoms with E-state index in [9.17, 15) is 29.4 Å². The monoisotopic (exact) mass is 472 g/mol. The molecule has 2 saturated carbocycles. The van der Waals surface area contributed by atoms with E-state index in [1.54, 1.807) is 23.9 Å². The highest BCUT2D eigenvalue weighted by Gasteiger charge is 2.70. The van der Waals surface area contributed by atoms with E-state index in [0.717, 1.165) is 31.7 Å². The van der Waals surface area contributed by atoms with Gasteiger partial charge in [-0.3, -0.25) is 19.3 Å². The lowest BCUT2D eigenvalue weighted by atomic mass is 9.68. The minimum Gasteiger partial charge on any atom is -0.508 e. The van der Waals surface area contributed by atoms with Gasteiger partial charge in [-0.25, -0.2) is 4.79 Å². The molecule has 0 radical (unpaired) electrons. The first-order valence-corrected chi connectivity index (χ1v) is 12.3. The molecule has 3 heterocycles. The fourth-order valence-corrected chi connectivity index (χ4v) is 9.51. The number of phenols is 1. The van der Waals surface area contributed by atoms with Crippen molar-refractivity contribution in [3.05, 3.63) is 44.4 Å². The van der Waals surface area contributed by atoms with Crippen molar-refractivity contribution in [2.75, 3.05) is 0 Å². The quantitative estimate of drug-likeness (QED) is 0.584. The lowest BCUT2D eigenvalue weighted by molar-refractivity contribution is -0.154. The number of carboxylic acids is 1. The average molecular weight is 473 g/mol. The molecule has 166 valence electrons. The van der Waals surface area contributed by atoms with Crippen molar-refractivity contribution >= 4 is 40.9 Å². The molecule has 1 aromatic carbocycles. The summed E-state index contributed by atoms with van der Waals surface area (Å²) >= 11 is 2.69. The molecule has 0 spiro atoms. The maximum atomic E-state index is 13.3. The molecule has 0 unspecified atom stereocenters. The number of carbonyl (C=O) groups is 3. The Hall–Kier alpha value is -2.59. The number of aromatic hydroxyl groups is 1. The van der Waals surface area contributed by atoms with Crippen LogP contribution in [0.3, 0.4) is 0 Å². The van der Waals surface area contributed by atoms with Crippen LogP contribution in [0.25, 0.3) is 0 Å². The Morgan fingerprint density at radius 1 is 1.16 bits per heavy atom. The van der Waals surface area contributed by atoms with Crippen molar-refractivity contribution in [2.45, 2.75) is 35.6 Å². The molecule has 3 fully saturated rings. The number of nitrogens with one attached hydrogen (secondary N) is 1. The van der Waals surface area contributed by atoms with E-state index in [2.05, 4.69) is 4.98 Å². The number of thioether (sulfide) groups is 1. The van der Waals surface area contributed by atoms with Gasteiger partial charge in [0.1, 0.15) is 11.8 Å². The van der Waals surface area contributed by atoms with Gasteiger partial charge in [-0.1, -0.05) is 29.5 Å². The van der Waals surface area contributed by atoms with Crippen LogP contribution in [0.5, 0.6) is 5.75 Å². The molecule has 2 aromatic rings. The van der Waals surface area contributed by atoms with Crippen molar-refractivity contribution < 1.29 is 24.6 Å². The number of imide groups is 1. The van der Waals surface area contributed by atoms with Crippen LogP contribution in [0.4, 0.5) is 0 Å². The van der Waals surface area contributed by atoms with Gasteiger partial charge in [0.05, 0.1) is 16.9 Å². The van der Waals surface area contributed by atoms with Crippen LogP contribution in [-0.4, -0.2) is 49.2 Å². The number of H-pyrrole nitrogens is 1. The van der Waals surface area contributed by atoms with Gasteiger partial charge < -0.3 is 15.2 Å². The first-order chi connectivity index (χ1) is 15.3. The van der Waals surface area contributed by atoms with Crippen LogP contribution in [0, 0.1) is 29.6 Å². The van der Waals surface area contributed by atoms with Gasteiger partial charge in [-0.2, -0.15) is 0 Å². The van der Waals surface area contributed by atoms with Gasteiger partial charge in [0, 0.05) is 21.6 Å². The minimum atomic E-state index is -1.20. The topological polar surface area (TPSA) is 128 Å². The zero-order valence-corrected chi connectivity index (χ0v) is 18.6. The summed E-state index contributed by atoms with van der Waals surface area (Å²) in [6.07, 6.45) is 0.716. The lowest BCUT2D eigenvalue weighted by Crippen LogP contribution is -2.44. The van der Waals surface area contributed by atoms with Crippen LogP contribution < -0.4 is 4.87 Å².